The molecule has 6 atom stereocenters. The zero-order valence-corrected chi connectivity index (χ0v) is 12.8. The van der Waals surface area contributed by atoms with Crippen LogP contribution in [0.25, 0.3) is 0 Å². The van der Waals surface area contributed by atoms with E-state index in [0.29, 0.717) is 16.9 Å². The van der Waals surface area contributed by atoms with Crippen molar-refractivity contribution in [1.29, 1.82) is 0 Å². The molecule has 2 saturated carbocycles. The molecular formula is C18H27NO. The molecule has 4 rings (SSSR count). The molecule has 1 heterocycles. The minimum Gasteiger partial charge on any atom is -0.353 e. The van der Waals surface area contributed by atoms with E-state index in [0.717, 1.165) is 30.6 Å². The molecule has 2 heteroatoms. The number of rotatable bonds is 0. The van der Waals surface area contributed by atoms with Crippen molar-refractivity contribution in [1.82, 2.24) is 5.32 Å². The fraction of sp³-hybridized carbons (Fsp3) is 0.833. The second-order valence-corrected chi connectivity index (χ2v) is 8.26. The van der Waals surface area contributed by atoms with E-state index in [9.17, 15) is 4.79 Å². The van der Waals surface area contributed by atoms with Crippen LogP contribution in [0.15, 0.2) is 12.2 Å². The Labute approximate surface area is 122 Å². The highest BCUT2D eigenvalue weighted by Crippen LogP contribution is 2.62. The molecule has 1 amide bonds. The van der Waals surface area contributed by atoms with E-state index >= 15 is 0 Å². The molecule has 3 aliphatic carbocycles. The van der Waals surface area contributed by atoms with Crippen LogP contribution in [0.4, 0.5) is 0 Å². The highest BCUT2D eigenvalue weighted by atomic mass is 16.1. The van der Waals surface area contributed by atoms with E-state index in [-0.39, 0.29) is 5.91 Å². The van der Waals surface area contributed by atoms with Crippen LogP contribution < -0.4 is 5.32 Å². The molecule has 2 nitrogen and oxygen atoms in total. The number of hydrogen-bond donors (Lipinski definition) is 1. The molecule has 0 radical (unpaired) electrons. The fourth-order valence-electron chi connectivity index (χ4n) is 6.18. The van der Waals surface area contributed by atoms with Crippen LogP contribution in [0.5, 0.6) is 0 Å². The summed E-state index contributed by atoms with van der Waals surface area (Å²) in [6, 6.07) is 0.448. The summed E-state index contributed by atoms with van der Waals surface area (Å²) >= 11 is 0. The lowest BCUT2D eigenvalue weighted by atomic mass is 9.48. The molecule has 0 spiro atoms. The van der Waals surface area contributed by atoms with Gasteiger partial charge in [0.05, 0.1) is 0 Å². The molecule has 1 saturated heterocycles. The van der Waals surface area contributed by atoms with Gasteiger partial charge in [-0.15, -0.1) is 0 Å². The first-order chi connectivity index (χ1) is 9.53. The maximum absolute atomic E-state index is 11.7. The number of allylic oxidation sites excluding steroid dienone is 2. The van der Waals surface area contributed by atoms with Gasteiger partial charge in [0.25, 0.3) is 0 Å². The molecule has 0 unspecified atom stereocenters. The predicted molar refractivity (Wildman–Crippen MR) is 80.1 cm³/mol. The normalized spacial score (nSPS) is 53.8. The van der Waals surface area contributed by atoms with Crippen LogP contribution in [0, 0.1) is 28.6 Å². The van der Waals surface area contributed by atoms with Gasteiger partial charge in [-0.3, -0.25) is 4.79 Å². The topological polar surface area (TPSA) is 29.1 Å². The minimum atomic E-state index is 0.286. The molecule has 0 aromatic carbocycles. The molecule has 20 heavy (non-hydrogen) atoms. The molecule has 1 N–H and O–H groups in total. The van der Waals surface area contributed by atoms with Crippen molar-refractivity contribution >= 4 is 5.91 Å². The zero-order valence-electron chi connectivity index (χ0n) is 12.8. The van der Waals surface area contributed by atoms with E-state index in [4.69, 9.17) is 0 Å². The Kier molecular flexibility index (Phi) is 2.66. The van der Waals surface area contributed by atoms with Crippen LogP contribution in [0.3, 0.4) is 0 Å². The third-order valence-electron chi connectivity index (χ3n) is 7.42. The first kappa shape index (κ1) is 12.9. The number of carbonyl (C=O) groups is 1. The Bertz CT molecular complexity index is 470. The number of amides is 1. The van der Waals surface area contributed by atoms with Crippen molar-refractivity contribution in [3.8, 4) is 0 Å². The van der Waals surface area contributed by atoms with Crippen molar-refractivity contribution in [3.05, 3.63) is 12.2 Å². The van der Waals surface area contributed by atoms with Gasteiger partial charge in [0.2, 0.25) is 5.91 Å². The van der Waals surface area contributed by atoms with E-state index in [2.05, 4.69) is 31.3 Å². The van der Waals surface area contributed by atoms with Gasteiger partial charge in [0.15, 0.2) is 0 Å². The van der Waals surface area contributed by atoms with Crippen molar-refractivity contribution in [2.45, 2.75) is 64.8 Å². The van der Waals surface area contributed by atoms with Crippen molar-refractivity contribution < 1.29 is 4.79 Å². The summed E-state index contributed by atoms with van der Waals surface area (Å²) in [6.07, 6.45) is 13.3. The molecular weight excluding hydrogens is 246 g/mol. The average Bonchev–Trinajstić information content (AvgIpc) is 2.81. The standard InChI is InChI=1S/C18H27NO/c1-17-9-3-4-13(17)12-5-6-15-18(2,14(12)7-10-17)11-8-16(20)19-15/h3,9,12-15H,4-8,10-11H2,1-2H3,(H,19,20)/t12-,13-,14-,15+,17-,18+/m0/s1. The second-order valence-electron chi connectivity index (χ2n) is 8.26. The van der Waals surface area contributed by atoms with Crippen LogP contribution in [0.2, 0.25) is 0 Å². The SMILES string of the molecule is C[C@]12CCC(=O)N[C@@H]1CC[C@@H]1[C@@H]2CC[C@]2(C)C=CC[C@@H]12. The van der Waals surface area contributed by atoms with Crippen molar-refractivity contribution in [3.63, 3.8) is 0 Å². The highest BCUT2D eigenvalue weighted by molar-refractivity contribution is 5.77. The summed E-state index contributed by atoms with van der Waals surface area (Å²) in [5, 5.41) is 3.31. The summed E-state index contributed by atoms with van der Waals surface area (Å²) in [6.45, 7) is 4.95. The largest absolute Gasteiger partial charge is 0.353 e. The monoisotopic (exact) mass is 273 g/mol. The smallest absolute Gasteiger partial charge is 0.220 e. The number of nitrogens with one attached hydrogen (secondary N) is 1. The first-order valence-electron chi connectivity index (χ1n) is 8.50. The zero-order chi connectivity index (χ0) is 14.0. The molecule has 0 aromatic heterocycles. The third kappa shape index (κ3) is 1.60. The minimum absolute atomic E-state index is 0.286. The lowest BCUT2D eigenvalue weighted by Gasteiger charge is -2.59. The van der Waals surface area contributed by atoms with Crippen LogP contribution in [-0.2, 0) is 4.79 Å². The summed E-state index contributed by atoms with van der Waals surface area (Å²) in [5.74, 6) is 2.88. The lowest BCUT2D eigenvalue weighted by Crippen LogP contribution is -2.60. The van der Waals surface area contributed by atoms with Gasteiger partial charge in [0.1, 0.15) is 0 Å². The van der Waals surface area contributed by atoms with Crippen LogP contribution in [0.1, 0.15) is 58.8 Å². The van der Waals surface area contributed by atoms with Gasteiger partial charge in [-0.05, 0) is 67.1 Å². The van der Waals surface area contributed by atoms with Crippen molar-refractivity contribution in [2.24, 2.45) is 28.6 Å². The quantitative estimate of drug-likeness (QED) is 0.670. The van der Waals surface area contributed by atoms with Gasteiger partial charge in [-0.2, -0.15) is 0 Å². The summed E-state index contributed by atoms with van der Waals surface area (Å²) in [4.78, 5) is 11.7. The number of fused-ring (bicyclic) bond motifs is 5. The second kappa shape index (κ2) is 4.11. The van der Waals surface area contributed by atoms with E-state index in [1.807, 2.05) is 0 Å². The molecule has 0 bridgehead atoms. The van der Waals surface area contributed by atoms with E-state index in [1.54, 1.807) is 0 Å². The molecule has 1 aliphatic heterocycles. The fourth-order valence-corrected chi connectivity index (χ4v) is 6.18. The Hall–Kier alpha value is -0.790. The summed E-state index contributed by atoms with van der Waals surface area (Å²) < 4.78 is 0. The van der Waals surface area contributed by atoms with Gasteiger partial charge >= 0.3 is 0 Å². The Balaban J connectivity index is 1.64. The lowest BCUT2D eigenvalue weighted by molar-refractivity contribution is -0.134. The number of carbonyl (C=O) groups excluding carboxylic acids is 1. The van der Waals surface area contributed by atoms with Gasteiger partial charge in [0, 0.05) is 12.5 Å². The average molecular weight is 273 g/mol. The number of piperidine rings is 1. The maximum atomic E-state index is 11.7. The third-order valence-corrected chi connectivity index (χ3v) is 7.42. The molecule has 110 valence electrons. The first-order valence-corrected chi connectivity index (χ1v) is 8.50. The summed E-state index contributed by atoms with van der Waals surface area (Å²) in [7, 11) is 0. The van der Waals surface area contributed by atoms with Crippen molar-refractivity contribution in [2.75, 3.05) is 0 Å². The summed E-state index contributed by atoms with van der Waals surface area (Å²) in [5.41, 5.74) is 0.836. The van der Waals surface area contributed by atoms with E-state index in [1.165, 1.54) is 32.1 Å². The molecule has 4 aliphatic rings. The van der Waals surface area contributed by atoms with Crippen LogP contribution in [-0.4, -0.2) is 11.9 Å². The maximum Gasteiger partial charge on any atom is 0.220 e. The highest BCUT2D eigenvalue weighted by Gasteiger charge is 2.57. The molecule has 3 fully saturated rings. The predicted octanol–water partition coefficient (Wildman–Crippen LogP) is 3.67. The van der Waals surface area contributed by atoms with Gasteiger partial charge < -0.3 is 5.32 Å². The van der Waals surface area contributed by atoms with Gasteiger partial charge in [-0.25, -0.2) is 0 Å². The molecule has 0 aromatic rings. The van der Waals surface area contributed by atoms with E-state index < -0.39 is 0 Å². The number of hydrogen-bond acceptors (Lipinski definition) is 1. The van der Waals surface area contributed by atoms with Gasteiger partial charge in [-0.1, -0.05) is 26.0 Å². The Morgan fingerprint density at radius 2 is 2.00 bits per heavy atom. The van der Waals surface area contributed by atoms with Crippen LogP contribution >= 0.6 is 0 Å². The Morgan fingerprint density at radius 3 is 2.85 bits per heavy atom. The Morgan fingerprint density at radius 1 is 1.15 bits per heavy atom.